The zero-order valence-electron chi connectivity index (χ0n) is 21.4. The van der Waals surface area contributed by atoms with Gasteiger partial charge in [0.1, 0.15) is 36.6 Å². The first kappa shape index (κ1) is 29.7. The third-order valence-electron chi connectivity index (χ3n) is 5.18. The lowest BCUT2D eigenvalue weighted by Crippen LogP contribution is -2.46. The molecule has 1 aromatic rings. The number of alkyl carbamates (subject to hydrolysis) is 1. The van der Waals surface area contributed by atoms with Gasteiger partial charge in [-0.15, -0.1) is 0 Å². The van der Waals surface area contributed by atoms with Gasteiger partial charge in [-0.25, -0.2) is 9.59 Å². The molecule has 0 aromatic heterocycles. The zero-order chi connectivity index (χ0) is 27.6. The van der Waals surface area contributed by atoms with Crippen LogP contribution in [0.25, 0.3) is 0 Å². The van der Waals surface area contributed by atoms with Crippen LogP contribution in [0.5, 0.6) is 0 Å². The summed E-state index contributed by atoms with van der Waals surface area (Å²) >= 11 is 0. The minimum absolute atomic E-state index is 0.147. The first-order valence-corrected chi connectivity index (χ1v) is 11.8. The molecule has 2 rings (SSSR count). The molecule has 0 bridgehead atoms. The van der Waals surface area contributed by atoms with E-state index in [1.165, 1.54) is 24.4 Å². The Morgan fingerprint density at radius 1 is 1.19 bits per heavy atom. The number of hydrogen-bond donors (Lipinski definition) is 4. The number of carbonyl (C=O) groups excluding carboxylic acids is 3. The van der Waals surface area contributed by atoms with Crippen LogP contribution in [0.4, 0.5) is 4.79 Å². The molecule has 0 aliphatic carbocycles. The van der Waals surface area contributed by atoms with Gasteiger partial charge >= 0.3 is 12.1 Å². The number of amides is 2. The Morgan fingerprint density at radius 3 is 2.46 bits per heavy atom. The van der Waals surface area contributed by atoms with Gasteiger partial charge in [-0.05, 0) is 45.4 Å². The number of nitrogens with two attached hydrogens (primary N) is 1. The quantitative estimate of drug-likeness (QED) is 0.155. The highest BCUT2D eigenvalue weighted by Gasteiger charge is 2.43. The van der Waals surface area contributed by atoms with Crippen LogP contribution in [0.3, 0.4) is 0 Å². The van der Waals surface area contributed by atoms with E-state index in [1.807, 2.05) is 6.07 Å². The van der Waals surface area contributed by atoms with E-state index in [4.69, 9.17) is 19.9 Å². The van der Waals surface area contributed by atoms with Crippen molar-refractivity contribution in [2.75, 3.05) is 6.61 Å². The lowest BCUT2D eigenvalue weighted by atomic mass is 10.1. The molecule has 37 heavy (non-hydrogen) atoms. The Morgan fingerprint density at radius 2 is 1.86 bits per heavy atom. The summed E-state index contributed by atoms with van der Waals surface area (Å²) in [6.07, 6.45) is 0.151. The number of allylic oxidation sites excluding steroid dienone is 2. The minimum atomic E-state index is -1.37. The summed E-state index contributed by atoms with van der Waals surface area (Å²) < 4.78 is 16.1. The van der Waals surface area contributed by atoms with E-state index in [9.17, 15) is 24.6 Å². The zero-order valence-corrected chi connectivity index (χ0v) is 21.4. The third kappa shape index (κ3) is 9.79. The number of benzene rings is 1. The molecule has 5 N–H and O–H groups in total. The number of hydrogen-bond acceptors (Lipinski definition) is 9. The fourth-order valence-corrected chi connectivity index (χ4v) is 3.35. The number of rotatable bonds is 10. The van der Waals surface area contributed by atoms with E-state index in [-0.39, 0.29) is 18.6 Å². The first-order valence-electron chi connectivity index (χ1n) is 11.8. The maximum absolute atomic E-state index is 12.9. The predicted molar refractivity (Wildman–Crippen MR) is 136 cm³/mol. The summed E-state index contributed by atoms with van der Waals surface area (Å²) in [5.41, 5.74) is 5.51. The molecule has 1 aromatic carbocycles. The van der Waals surface area contributed by atoms with Crippen molar-refractivity contribution in [1.29, 1.82) is 0 Å². The van der Waals surface area contributed by atoms with E-state index >= 15 is 0 Å². The van der Waals surface area contributed by atoms with Gasteiger partial charge in [0.05, 0.1) is 0 Å². The van der Waals surface area contributed by atoms with E-state index in [0.717, 1.165) is 5.56 Å². The molecule has 0 saturated carbocycles. The maximum atomic E-state index is 12.9. The van der Waals surface area contributed by atoms with E-state index in [0.29, 0.717) is 0 Å². The molecule has 1 aliphatic rings. The second-order valence-electron chi connectivity index (χ2n) is 9.33. The van der Waals surface area contributed by atoms with Crippen molar-refractivity contribution in [1.82, 2.24) is 5.32 Å². The van der Waals surface area contributed by atoms with Crippen LogP contribution in [0.15, 0.2) is 59.1 Å². The van der Waals surface area contributed by atoms with Gasteiger partial charge < -0.3 is 35.5 Å². The summed E-state index contributed by atoms with van der Waals surface area (Å²) in [7, 11) is 0. The highest BCUT2D eigenvalue weighted by molar-refractivity contribution is 5.95. The Bertz CT molecular complexity index is 1020. The van der Waals surface area contributed by atoms with Gasteiger partial charge in [0.2, 0.25) is 5.91 Å². The summed E-state index contributed by atoms with van der Waals surface area (Å²) in [4.78, 5) is 40.4. The van der Waals surface area contributed by atoms with Crippen LogP contribution in [-0.2, 0) is 30.2 Å². The molecule has 0 radical (unpaired) electrons. The molecule has 2 amide bonds. The summed E-state index contributed by atoms with van der Waals surface area (Å²) in [6.45, 7) is 6.37. The van der Waals surface area contributed by atoms with Crippen LogP contribution in [-0.4, -0.2) is 77.2 Å². The normalized spacial score (nSPS) is 23.2. The van der Waals surface area contributed by atoms with E-state index in [1.54, 1.807) is 52.0 Å². The molecule has 1 aliphatic heterocycles. The smallest absolute Gasteiger partial charge is 0.408 e. The summed E-state index contributed by atoms with van der Waals surface area (Å²) in [5.74, 6) is -1.37. The molecule has 11 heteroatoms. The number of aliphatic hydroxyl groups excluding tert-OH is 2. The number of primary amides is 1. The molecule has 11 nitrogen and oxygen atoms in total. The van der Waals surface area contributed by atoms with Gasteiger partial charge in [0, 0.05) is 18.2 Å². The molecule has 202 valence electrons. The summed E-state index contributed by atoms with van der Waals surface area (Å²) in [5, 5.41) is 23.1. The first-order chi connectivity index (χ1) is 17.4. The Hall–Kier alpha value is -3.54. The van der Waals surface area contributed by atoms with Crippen molar-refractivity contribution in [2.24, 2.45) is 10.7 Å². The van der Waals surface area contributed by atoms with Gasteiger partial charge in [-0.1, -0.05) is 36.4 Å². The van der Waals surface area contributed by atoms with Crippen molar-refractivity contribution in [3.63, 3.8) is 0 Å². The SMILES string of the molecule is C/C=C(\C=C/C=N[C@@H]1O[C@H](COC(=O)[C@H](Cc2ccccc2)NC(=O)OC(C)(C)C)[C@@H](O)[C@H]1O)C(N)=O. The number of aliphatic hydroxyl groups is 2. The number of nitrogens with one attached hydrogen (secondary N) is 1. The molecule has 0 spiro atoms. The lowest BCUT2D eigenvalue weighted by Gasteiger charge is -2.23. The molecule has 5 atom stereocenters. The van der Waals surface area contributed by atoms with Gasteiger partial charge in [0.25, 0.3) is 0 Å². The van der Waals surface area contributed by atoms with Crippen molar-refractivity contribution >= 4 is 24.2 Å². The van der Waals surface area contributed by atoms with Crippen LogP contribution in [0.2, 0.25) is 0 Å². The fourth-order valence-electron chi connectivity index (χ4n) is 3.35. The highest BCUT2D eigenvalue weighted by atomic mass is 16.6. The van der Waals surface area contributed by atoms with E-state index < -0.39 is 54.2 Å². The average Bonchev–Trinajstić information content (AvgIpc) is 3.09. The minimum Gasteiger partial charge on any atom is -0.461 e. The fraction of sp³-hybridized carbons (Fsp3) is 0.462. The van der Waals surface area contributed by atoms with Gasteiger partial charge in [-0.3, -0.25) is 9.79 Å². The number of aliphatic imine (C=N–C) groups is 1. The van der Waals surface area contributed by atoms with Crippen LogP contribution < -0.4 is 11.1 Å². The molecule has 0 unspecified atom stereocenters. The average molecular weight is 518 g/mol. The van der Waals surface area contributed by atoms with Gasteiger partial charge in [0.15, 0.2) is 6.23 Å². The highest BCUT2D eigenvalue weighted by Crippen LogP contribution is 2.22. The monoisotopic (exact) mass is 517 g/mol. The van der Waals surface area contributed by atoms with Crippen LogP contribution >= 0.6 is 0 Å². The van der Waals surface area contributed by atoms with Crippen molar-refractivity contribution < 1.29 is 38.8 Å². The standard InChI is InChI=1S/C26H35N3O8/c1-5-17(22(27)32)12-9-13-28-23-21(31)20(30)19(36-23)15-35-24(33)18(14-16-10-7-6-8-11-16)29-25(34)37-26(2,3)4/h5-13,18-21,23,30-31H,14-15H2,1-4H3,(H2,27,32)(H,29,34)/b12-9-,17-5+,28-13?/t18-,19+,20+,21+,23+/m0/s1. The Kier molecular flexibility index (Phi) is 11.0. The van der Waals surface area contributed by atoms with Crippen LogP contribution in [0.1, 0.15) is 33.3 Å². The number of ether oxygens (including phenoxy) is 3. The molecule has 1 saturated heterocycles. The summed E-state index contributed by atoms with van der Waals surface area (Å²) in [6, 6.07) is 7.98. The largest absolute Gasteiger partial charge is 0.461 e. The topological polar surface area (TPSA) is 170 Å². The molecule has 1 fully saturated rings. The second-order valence-corrected chi connectivity index (χ2v) is 9.33. The Labute approximate surface area is 216 Å². The number of nitrogens with zero attached hydrogens (tertiary/aromatic N) is 1. The molecular weight excluding hydrogens is 482 g/mol. The van der Waals surface area contributed by atoms with Crippen LogP contribution in [0, 0.1) is 0 Å². The third-order valence-corrected chi connectivity index (χ3v) is 5.18. The Balaban J connectivity index is 2.00. The molecular formula is C26H35N3O8. The maximum Gasteiger partial charge on any atom is 0.408 e. The van der Waals surface area contributed by atoms with Crippen molar-refractivity contribution in [3.05, 3.63) is 59.7 Å². The van der Waals surface area contributed by atoms with Gasteiger partial charge in [-0.2, -0.15) is 0 Å². The predicted octanol–water partition coefficient (Wildman–Crippen LogP) is 1.17. The lowest BCUT2D eigenvalue weighted by molar-refractivity contribution is -0.151. The van der Waals surface area contributed by atoms with E-state index in [2.05, 4.69) is 10.3 Å². The number of carbonyl (C=O) groups is 3. The molecule has 1 heterocycles. The van der Waals surface area contributed by atoms with Crippen molar-refractivity contribution in [3.8, 4) is 0 Å². The number of esters is 1. The second kappa shape index (κ2) is 13.7. The van der Waals surface area contributed by atoms with Crippen molar-refractivity contribution in [2.45, 2.75) is 70.3 Å².